The molecule has 0 aliphatic rings. The quantitative estimate of drug-likeness (QED) is 0.415. The van der Waals surface area contributed by atoms with Crippen LogP contribution in [0.3, 0.4) is 0 Å². The molecule has 0 radical (unpaired) electrons. The van der Waals surface area contributed by atoms with Crippen LogP contribution >= 0.6 is 0 Å². The molecule has 0 aliphatic carbocycles. The second kappa shape index (κ2) is 3.88. The van der Waals surface area contributed by atoms with E-state index in [0.717, 1.165) is 19.1 Å². The Bertz CT molecular complexity index is 384. The van der Waals surface area contributed by atoms with Crippen LogP contribution in [-0.4, -0.2) is 5.97 Å². The van der Waals surface area contributed by atoms with Gasteiger partial charge in [0.05, 0.1) is 0 Å². The molecule has 0 saturated heterocycles. The topological polar surface area (TPSA) is 26.3 Å². The highest BCUT2D eigenvalue weighted by molar-refractivity contribution is 5.69. The van der Waals surface area contributed by atoms with Crippen LogP contribution in [0.1, 0.15) is 12.5 Å². The molecule has 0 N–H and O–H groups in total. The SMILES string of the molecule is CC(=O)Oc1ccc(F)cc1C(F)(F)F. The average molecular weight is 222 g/mol. The molecule has 82 valence electrons. The van der Waals surface area contributed by atoms with Crippen molar-refractivity contribution < 1.29 is 27.1 Å². The van der Waals surface area contributed by atoms with Crippen molar-refractivity contribution in [1.82, 2.24) is 0 Å². The van der Waals surface area contributed by atoms with Gasteiger partial charge in [0, 0.05) is 6.92 Å². The molecule has 0 heterocycles. The summed E-state index contributed by atoms with van der Waals surface area (Å²) in [4.78, 5) is 10.5. The summed E-state index contributed by atoms with van der Waals surface area (Å²) in [6.07, 6.45) is -4.76. The maximum Gasteiger partial charge on any atom is 0.420 e. The van der Waals surface area contributed by atoms with E-state index < -0.39 is 29.3 Å². The minimum absolute atomic E-state index is 0.276. The lowest BCUT2D eigenvalue weighted by molar-refractivity contribution is -0.141. The van der Waals surface area contributed by atoms with E-state index in [-0.39, 0.29) is 6.07 Å². The first-order valence-corrected chi connectivity index (χ1v) is 3.86. The highest BCUT2D eigenvalue weighted by atomic mass is 19.4. The highest BCUT2D eigenvalue weighted by Crippen LogP contribution is 2.36. The van der Waals surface area contributed by atoms with Crippen LogP contribution < -0.4 is 4.74 Å². The lowest BCUT2D eigenvalue weighted by Gasteiger charge is -2.11. The second-order valence-electron chi connectivity index (χ2n) is 2.73. The first-order chi connectivity index (χ1) is 6.80. The molecule has 6 heteroatoms. The lowest BCUT2D eigenvalue weighted by Crippen LogP contribution is -2.11. The van der Waals surface area contributed by atoms with Crippen LogP contribution in [0.25, 0.3) is 0 Å². The van der Waals surface area contributed by atoms with Gasteiger partial charge >= 0.3 is 12.1 Å². The standard InChI is InChI=1S/C9H6F4O2/c1-5(14)15-8-3-2-6(10)4-7(8)9(11,12)13/h2-4H,1H3. The van der Waals surface area contributed by atoms with Gasteiger partial charge in [-0.3, -0.25) is 4.79 Å². The van der Waals surface area contributed by atoms with Gasteiger partial charge < -0.3 is 4.74 Å². The van der Waals surface area contributed by atoms with Crippen LogP contribution in [0.15, 0.2) is 18.2 Å². The summed E-state index contributed by atoms with van der Waals surface area (Å²) in [5.74, 6) is -2.64. The fourth-order valence-electron chi connectivity index (χ4n) is 0.968. The molecule has 0 amide bonds. The zero-order valence-corrected chi connectivity index (χ0v) is 7.56. The minimum Gasteiger partial charge on any atom is -0.426 e. The summed E-state index contributed by atoms with van der Waals surface area (Å²) in [5.41, 5.74) is -1.31. The van der Waals surface area contributed by atoms with E-state index in [1.54, 1.807) is 0 Å². The molecule has 0 atom stereocenters. The Balaban J connectivity index is 3.20. The molecule has 15 heavy (non-hydrogen) atoms. The maximum absolute atomic E-state index is 12.6. The second-order valence-corrected chi connectivity index (χ2v) is 2.73. The summed E-state index contributed by atoms with van der Waals surface area (Å²) in [7, 11) is 0. The third-order valence-electron chi connectivity index (χ3n) is 1.50. The van der Waals surface area contributed by atoms with E-state index in [9.17, 15) is 22.4 Å². The predicted molar refractivity (Wildman–Crippen MR) is 42.7 cm³/mol. The first-order valence-electron chi connectivity index (χ1n) is 3.86. The smallest absolute Gasteiger partial charge is 0.420 e. The number of ether oxygens (including phenoxy) is 1. The van der Waals surface area contributed by atoms with E-state index in [1.165, 1.54) is 0 Å². The van der Waals surface area contributed by atoms with Crippen LogP contribution in [0, 0.1) is 5.82 Å². The molecular formula is C9H6F4O2. The molecular weight excluding hydrogens is 216 g/mol. The third-order valence-corrected chi connectivity index (χ3v) is 1.50. The number of benzene rings is 1. The zero-order valence-electron chi connectivity index (χ0n) is 7.56. The molecule has 0 fully saturated rings. The van der Waals surface area contributed by atoms with Crippen molar-refractivity contribution in [3.8, 4) is 5.75 Å². The van der Waals surface area contributed by atoms with Gasteiger partial charge in [0.2, 0.25) is 0 Å². The van der Waals surface area contributed by atoms with Crippen LogP contribution in [0.5, 0.6) is 5.75 Å². The number of carbonyl (C=O) groups is 1. The van der Waals surface area contributed by atoms with Crippen molar-refractivity contribution in [2.24, 2.45) is 0 Å². The molecule has 0 aromatic heterocycles. The first kappa shape index (κ1) is 11.5. The molecule has 2 nitrogen and oxygen atoms in total. The number of carbonyl (C=O) groups excluding carboxylic acids is 1. The highest BCUT2D eigenvalue weighted by Gasteiger charge is 2.35. The van der Waals surface area contributed by atoms with Gasteiger partial charge in [0.15, 0.2) is 0 Å². The van der Waals surface area contributed by atoms with Crippen LogP contribution in [0.4, 0.5) is 17.6 Å². The van der Waals surface area contributed by atoms with Crippen molar-refractivity contribution in [2.45, 2.75) is 13.1 Å². The van der Waals surface area contributed by atoms with Gasteiger partial charge in [0.1, 0.15) is 17.1 Å². The Morgan fingerprint density at radius 3 is 2.40 bits per heavy atom. The van der Waals surface area contributed by atoms with Gasteiger partial charge in [-0.05, 0) is 18.2 Å². The number of rotatable bonds is 1. The van der Waals surface area contributed by atoms with Crippen molar-refractivity contribution in [1.29, 1.82) is 0 Å². The lowest BCUT2D eigenvalue weighted by atomic mass is 10.2. The number of hydrogen-bond donors (Lipinski definition) is 0. The van der Waals surface area contributed by atoms with Crippen molar-refractivity contribution >= 4 is 5.97 Å². The monoisotopic (exact) mass is 222 g/mol. The number of alkyl halides is 3. The molecule has 0 aliphatic heterocycles. The van der Waals surface area contributed by atoms with Gasteiger partial charge in [-0.15, -0.1) is 0 Å². The Morgan fingerprint density at radius 1 is 1.33 bits per heavy atom. The molecule has 1 aromatic carbocycles. The van der Waals surface area contributed by atoms with Gasteiger partial charge in [-0.1, -0.05) is 0 Å². The van der Waals surface area contributed by atoms with E-state index >= 15 is 0 Å². The Morgan fingerprint density at radius 2 is 1.93 bits per heavy atom. The van der Waals surface area contributed by atoms with Crippen LogP contribution in [0.2, 0.25) is 0 Å². The fraction of sp³-hybridized carbons (Fsp3) is 0.222. The normalized spacial score (nSPS) is 11.3. The number of hydrogen-bond acceptors (Lipinski definition) is 2. The molecule has 0 bridgehead atoms. The van der Waals surface area contributed by atoms with Crippen molar-refractivity contribution in [2.75, 3.05) is 0 Å². The minimum atomic E-state index is -4.76. The van der Waals surface area contributed by atoms with E-state index in [2.05, 4.69) is 4.74 Å². The van der Waals surface area contributed by atoms with E-state index in [0.29, 0.717) is 0 Å². The summed E-state index contributed by atoms with van der Waals surface area (Å²) < 4.78 is 53.8. The Hall–Kier alpha value is -1.59. The molecule has 1 aromatic rings. The average Bonchev–Trinajstić information content (AvgIpc) is 2.05. The Kier molecular flexibility index (Phi) is 2.97. The summed E-state index contributed by atoms with van der Waals surface area (Å²) in [6.45, 7) is 0.962. The predicted octanol–water partition coefficient (Wildman–Crippen LogP) is 2.77. The summed E-state index contributed by atoms with van der Waals surface area (Å²) in [5, 5.41) is 0. The number of esters is 1. The number of halogens is 4. The van der Waals surface area contributed by atoms with Gasteiger partial charge in [-0.25, -0.2) is 4.39 Å². The Labute approximate surface area is 82.5 Å². The summed E-state index contributed by atoms with van der Waals surface area (Å²) >= 11 is 0. The molecule has 0 unspecified atom stereocenters. The molecule has 1 rings (SSSR count). The molecule has 0 spiro atoms. The van der Waals surface area contributed by atoms with E-state index in [4.69, 9.17) is 0 Å². The summed E-state index contributed by atoms with van der Waals surface area (Å²) in [6, 6.07) is 1.82. The largest absolute Gasteiger partial charge is 0.426 e. The fourth-order valence-corrected chi connectivity index (χ4v) is 0.968. The maximum atomic E-state index is 12.6. The van der Waals surface area contributed by atoms with Gasteiger partial charge in [-0.2, -0.15) is 13.2 Å². The van der Waals surface area contributed by atoms with Crippen molar-refractivity contribution in [3.05, 3.63) is 29.6 Å². The molecule has 0 saturated carbocycles. The third kappa shape index (κ3) is 2.93. The zero-order chi connectivity index (χ0) is 11.6. The van der Waals surface area contributed by atoms with E-state index in [1.807, 2.05) is 0 Å². The van der Waals surface area contributed by atoms with Gasteiger partial charge in [0.25, 0.3) is 0 Å². The van der Waals surface area contributed by atoms with Crippen molar-refractivity contribution in [3.63, 3.8) is 0 Å². The van der Waals surface area contributed by atoms with Crippen LogP contribution in [-0.2, 0) is 11.0 Å².